The predicted molar refractivity (Wildman–Crippen MR) is 440 cm³/mol. The molecule has 4 aliphatic rings. The monoisotopic (exact) mass is 1320 g/mol. The molecule has 0 saturated heterocycles. The van der Waals surface area contributed by atoms with Gasteiger partial charge in [-0.3, -0.25) is 0 Å². The van der Waals surface area contributed by atoms with Crippen LogP contribution in [0, 0.1) is 0 Å². The van der Waals surface area contributed by atoms with Crippen LogP contribution in [0.5, 0.6) is 0 Å². The Hall–Kier alpha value is -11.4. The Bertz CT molecular complexity index is 6260. The van der Waals surface area contributed by atoms with Crippen molar-refractivity contribution in [2.24, 2.45) is 0 Å². The van der Waals surface area contributed by atoms with Crippen molar-refractivity contribution in [1.82, 2.24) is 0 Å². The standard InChI is InChI=1S/C53H44.C50H38/c1-32(2)41-28-42(39-20-19-37-26-36(17-18-38(37)27-39)35-16-15-33-11-7-8-12-34(33)25-35)30-43(29-41)40-21-22-45-47-24-23-46-44-13-9-10-14-48(44)52(3,4)50(46)51(47)53(5,6)49(45)31-40;1-49(2)44-17-11-10-16-42(44)47-45(49)25-24-41-40-23-22-36(30-46(40)50(3,4)48(41)47)43-29-38(28-35-14-8-9-15-39(35)43)34-21-19-32-18-20-33(26-37(32)27-34)31-12-6-5-7-13-31/h7-32H,1-6H3;5-30H,1-4H3. The Morgan fingerprint density at radius 1 is 0.194 bits per heavy atom. The Labute approximate surface area is 606 Å². The van der Waals surface area contributed by atoms with Gasteiger partial charge in [0.15, 0.2) is 0 Å². The van der Waals surface area contributed by atoms with Crippen molar-refractivity contribution in [3.8, 4) is 111 Å². The Morgan fingerprint density at radius 3 is 1.19 bits per heavy atom. The van der Waals surface area contributed by atoms with Crippen LogP contribution in [0.2, 0.25) is 0 Å². The molecule has 16 aromatic carbocycles. The molecule has 0 bridgehead atoms. The van der Waals surface area contributed by atoms with Crippen molar-refractivity contribution in [3.63, 3.8) is 0 Å². The molecule has 0 aromatic heterocycles. The fourth-order valence-corrected chi connectivity index (χ4v) is 18.9. The Morgan fingerprint density at radius 2 is 0.573 bits per heavy atom. The van der Waals surface area contributed by atoms with Crippen molar-refractivity contribution < 1.29 is 0 Å². The molecule has 4 aliphatic carbocycles. The molecule has 0 aliphatic heterocycles. The molecule has 0 amide bonds. The molecule has 494 valence electrons. The molecule has 0 unspecified atom stereocenters. The van der Waals surface area contributed by atoms with Gasteiger partial charge >= 0.3 is 0 Å². The van der Waals surface area contributed by atoms with E-state index in [2.05, 4.69) is 379 Å². The highest BCUT2D eigenvalue weighted by Gasteiger charge is 2.47. The number of hydrogen-bond donors (Lipinski definition) is 0. The summed E-state index contributed by atoms with van der Waals surface area (Å²) in [6.07, 6.45) is 0. The van der Waals surface area contributed by atoms with Crippen LogP contribution in [0.4, 0.5) is 0 Å². The minimum atomic E-state index is -0.137. The summed E-state index contributed by atoms with van der Waals surface area (Å²) >= 11 is 0. The highest BCUT2D eigenvalue weighted by atomic mass is 14.5. The third-order valence-corrected chi connectivity index (χ3v) is 24.4. The van der Waals surface area contributed by atoms with Gasteiger partial charge in [-0.25, -0.2) is 0 Å². The lowest BCUT2D eigenvalue weighted by Gasteiger charge is -2.30. The first-order chi connectivity index (χ1) is 49.9. The average molecular weight is 1320 g/mol. The lowest BCUT2D eigenvalue weighted by atomic mass is 9.72. The number of benzene rings is 16. The van der Waals surface area contributed by atoms with E-state index in [1.54, 1.807) is 0 Å². The molecule has 0 N–H and O–H groups in total. The summed E-state index contributed by atoms with van der Waals surface area (Å²) in [6, 6.07) is 117. The van der Waals surface area contributed by atoms with Crippen LogP contribution in [-0.4, -0.2) is 0 Å². The third kappa shape index (κ3) is 9.77. The summed E-state index contributed by atoms with van der Waals surface area (Å²) in [7, 11) is 0. The zero-order chi connectivity index (χ0) is 70.0. The van der Waals surface area contributed by atoms with E-state index in [-0.39, 0.29) is 21.7 Å². The Balaban J connectivity index is 0.000000142. The molecule has 0 atom stereocenters. The topological polar surface area (TPSA) is 0 Å². The molecule has 0 saturated carbocycles. The first-order valence-corrected chi connectivity index (χ1v) is 37.0. The second-order valence-corrected chi connectivity index (χ2v) is 32.2. The van der Waals surface area contributed by atoms with Crippen molar-refractivity contribution in [2.75, 3.05) is 0 Å². The summed E-state index contributed by atoms with van der Waals surface area (Å²) in [5.74, 6) is 0.417. The molecule has 0 radical (unpaired) electrons. The van der Waals surface area contributed by atoms with Crippen LogP contribution in [-0.2, 0) is 21.7 Å². The smallest absolute Gasteiger partial charge is 0.0165 e. The summed E-state index contributed by atoms with van der Waals surface area (Å²) in [6.45, 7) is 24.0. The van der Waals surface area contributed by atoms with Crippen LogP contribution >= 0.6 is 0 Å². The van der Waals surface area contributed by atoms with Crippen LogP contribution in [0.15, 0.2) is 309 Å². The molecule has 16 aromatic rings. The van der Waals surface area contributed by atoms with Crippen LogP contribution in [0.3, 0.4) is 0 Å². The second-order valence-electron chi connectivity index (χ2n) is 32.2. The van der Waals surface area contributed by atoms with E-state index < -0.39 is 0 Å². The van der Waals surface area contributed by atoms with Gasteiger partial charge in [0.05, 0.1) is 0 Å². The first-order valence-electron chi connectivity index (χ1n) is 37.0. The van der Waals surface area contributed by atoms with Crippen molar-refractivity contribution in [2.45, 2.75) is 96.8 Å². The van der Waals surface area contributed by atoms with E-state index in [1.165, 1.54) is 204 Å². The fourth-order valence-electron chi connectivity index (χ4n) is 18.9. The molecule has 0 fully saturated rings. The van der Waals surface area contributed by atoms with Gasteiger partial charge < -0.3 is 0 Å². The largest absolute Gasteiger partial charge is 0.0622 e. The minimum Gasteiger partial charge on any atom is -0.0622 e. The third-order valence-electron chi connectivity index (χ3n) is 24.4. The second kappa shape index (κ2) is 23.0. The van der Waals surface area contributed by atoms with E-state index in [4.69, 9.17) is 0 Å². The lowest BCUT2D eigenvalue weighted by Crippen LogP contribution is -2.24. The van der Waals surface area contributed by atoms with Gasteiger partial charge in [-0.1, -0.05) is 318 Å². The highest BCUT2D eigenvalue weighted by Crippen LogP contribution is 2.62. The van der Waals surface area contributed by atoms with Crippen molar-refractivity contribution in [1.29, 1.82) is 0 Å². The molecule has 103 heavy (non-hydrogen) atoms. The van der Waals surface area contributed by atoms with Gasteiger partial charge in [-0.05, 0) is 271 Å². The molecule has 0 heteroatoms. The zero-order valence-corrected chi connectivity index (χ0v) is 60.5. The quantitative estimate of drug-likeness (QED) is 0.149. The van der Waals surface area contributed by atoms with E-state index >= 15 is 0 Å². The maximum absolute atomic E-state index is 2.49. The number of fused-ring (bicyclic) bond motifs is 18. The molecule has 0 spiro atoms. The van der Waals surface area contributed by atoms with Crippen molar-refractivity contribution in [3.05, 3.63) is 359 Å². The van der Waals surface area contributed by atoms with Crippen LogP contribution < -0.4 is 0 Å². The highest BCUT2D eigenvalue weighted by molar-refractivity contribution is 6.04. The average Bonchev–Trinajstić information content (AvgIpc) is 1.54. The Kier molecular flexibility index (Phi) is 14.0. The van der Waals surface area contributed by atoms with E-state index in [0.29, 0.717) is 5.92 Å². The van der Waals surface area contributed by atoms with Crippen molar-refractivity contribution >= 4 is 43.1 Å². The summed E-state index contributed by atoms with van der Waals surface area (Å²) in [5, 5.41) is 10.1. The van der Waals surface area contributed by atoms with Gasteiger partial charge in [0.2, 0.25) is 0 Å². The molecule has 0 heterocycles. The maximum atomic E-state index is 2.49. The van der Waals surface area contributed by atoms with E-state index in [9.17, 15) is 0 Å². The number of rotatable bonds is 7. The first kappa shape index (κ1) is 62.6. The SMILES string of the molecule is CC(C)c1cc(-c2ccc3c(c2)C(C)(C)c2c-3ccc3c2C(C)(C)c2ccccc2-3)cc(-c2ccc3cc(-c4ccc5ccccc5c4)ccc3c2)c1.CC1(C)c2ccccc2-c2c1ccc1c2C(C)(C)c2cc(-c3cc(-c4ccc5ccc(-c6ccccc6)cc5c4)cc4ccccc34)ccc2-1. The van der Waals surface area contributed by atoms with Crippen LogP contribution in [0.25, 0.3) is 154 Å². The number of hydrogen-bond acceptors (Lipinski definition) is 0. The lowest BCUT2D eigenvalue weighted by molar-refractivity contribution is 0.601. The van der Waals surface area contributed by atoms with Crippen LogP contribution in [0.1, 0.15) is 125 Å². The molecule has 0 nitrogen and oxygen atoms in total. The van der Waals surface area contributed by atoms with Gasteiger partial charge in [-0.15, -0.1) is 0 Å². The summed E-state index contributed by atoms with van der Waals surface area (Å²) in [5.41, 5.74) is 39.0. The van der Waals surface area contributed by atoms with Gasteiger partial charge in [-0.2, -0.15) is 0 Å². The maximum Gasteiger partial charge on any atom is 0.0165 e. The summed E-state index contributed by atoms with van der Waals surface area (Å²) in [4.78, 5) is 0. The van der Waals surface area contributed by atoms with Gasteiger partial charge in [0.25, 0.3) is 0 Å². The fraction of sp³-hybridized carbons (Fsp3) is 0.146. The summed E-state index contributed by atoms with van der Waals surface area (Å²) < 4.78 is 0. The van der Waals surface area contributed by atoms with E-state index in [1.807, 2.05) is 0 Å². The van der Waals surface area contributed by atoms with Gasteiger partial charge in [0, 0.05) is 21.7 Å². The van der Waals surface area contributed by atoms with Gasteiger partial charge in [0.1, 0.15) is 0 Å². The normalized spacial score (nSPS) is 14.7. The minimum absolute atomic E-state index is 0.0117. The zero-order valence-electron chi connectivity index (χ0n) is 60.5. The van der Waals surface area contributed by atoms with E-state index in [0.717, 1.165) is 0 Å². The molecular weight excluding hydrogens is 1240 g/mol. The molecule has 20 rings (SSSR count). The molecular formula is C103H82. The predicted octanol–water partition coefficient (Wildman–Crippen LogP) is 28.3.